The number of piperidine rings is 1. The lowest BCUT2D eigenvalue weighted by Crippen LogP contribution is -2.53. The van der Waals surface area contributed by atoms with Gasteiger partial charge in [-0.3, -0.25) is 0 Å². The van der Waals surface area contributed by atoms with Crippen molar-refractivity contribution in [3.8, 4) is 0 Å². The number of rotatable bonds is 6. The zero-order valence-electron chi connectivity index (χ0n) is 10.1. The molecule has 0 aliphatic carbocycles. The second-order valence-electron chi connectivity index (χ2n) is 4.59. The van der Waals surface area contributed by atoms with E-state index in [9.17, 15) is 4.79 Å². The molecule has 1 aliphatic rings. The van der Waals surface area contributed by atoms with Crippen molar-refractivity contribution in [1.29, 1.82) is 0 Å². The number of primary amides is 1. The molecule has 1 heterocycles. The van der Waals surface area contributed by atoms with Crippen molar-refractivity contribution < 1.29 is 15.0 Å². The van der Waals surface area contributed by atoms with Gasteiger partial charge in [0, 0.05) is 32.3 Å². The zero-order valence-corrected chi connectivity index (χ0v) is 10.1. The van der Waals surface area contributed by atoms with Crippen LogP contribution in [0, 0.1) is 5.92 Å². The summed E-state index contributed by atoms with van der Waals surface area (Å²) in [7, 11) is 0. The van der Waals surface area contributed by atoms with E-state index in [1.807, 2.05) is 0 Å². The van der Waals surface area contributed by atoms with Gasteiger partial charge in [-0.2, -0.15) is 0 Å². The molecule has 1 saturated heterocycles. The Balaban J connectivity index is 2.43. The fraction of sp³-hybridized carbons (Fsp3) is 0.909. The summed E-state index contributed by atoms with van der Waals surface area (Å²) < 4.78 is 0. The van der Waals surface area contributed by atoms with Crippen molar-refractivity contribution >= 4 is 6.03 Å². The lowest BCUT2D eigenvalue weighted by molar-refractivity contribution is 0.135. The van der Waals surface area contributed by atoms with Crippen LogP contribution in [0.3, 0.4) is 0 Å². The molecule has 2 amide bonds. The van der Waals surface area contributed by atoms with Crippen LogP contribution in [-0.4, -0.2) is 60.0 Å². The normalized spacial score (nSPS) is 24.9. The Morgan fingerprint density at radius 1 is 1.35 bits per heavy atom. The van der Waals surface area contributed by atoms with E-state index in [0.717, 1.165) is 13.0 Å². The number of hydrogen-bond acceptors (Lipinski definition) is 4. The second kappa shape index (κ2) is 7.47. The fourth-order valence-electron chi connectivity index (χ4n) is 2.31. The molecule has 1 fully saturated rings. The minimum atomic E-state index is -0.401. The Labute approximate surface area is 102 Å². The third-order valence-electron chi connectivity index (χ3n) is 3.15. The first kappa shape index (κ1) is 14.2. The average molecular weight is 245 g/mol. The maximum Gasteiger partial charge on any atom is 0.314 e. The number of carbonyl (C=O) groups is 1. The van der Waals surface area contributed by atoms with Gasteiger partial charge < -0.3 is 26.2 Å². The molecule has 0 radical (unpaired) electrons. The molecule has 0 aromatic carbocycles. The summed E-state index contributed by atoms with van der Waals surface area (Å²) in [6.45, 7) is 2.29. The van der Waals surface area contributed by atoms with Gasteiger partial charge in [0.05, 0.1) is 0 Å². The van der Waals surface area contributed by atoms with Crippen molar-refractivity contribution in [2.24, 2.45) is 11.7 Å². The average Bonchev–Trinajstić information content (AvgIpc) is 2.29. The van der Waals surface area contributed by atoms with Gasteiger partial charge in [0.2, 0.25) is 0 Å². The van der Waals surface area contributed by atoms with Gasteiger partial charge in [-0.25, -0.2) is 4.79 Å². The highest BCUT2D eigenvalue weighted by Crippen LogP contribution is 2.19. The van der Waals surface area contributed by atoms with E-state index in [1.165, 1.54) is 0 Å². The van der Waals surface area contributed by atoms with Crippen LogP contribution >= 0.6 is 0 Å². The third kappa shape index (κ3) is 4.89. The molecule has 1 rings (SSSR count). The summed E-state index contributed by atoms with van der Waals surface area (Å²) in [5.74, 6) is 0.299. The Bertz CT molecular complexity index is 238. The van der Waals surface area contributed by atoms with Gasteiger partial charge in [0.1, 0.15) is 0 Å². The SMILES string of the molecule is NC(=O)N1CC(CCO)CC(NCCCO)C1. The molecule has 6 heteroatoms. The first-order chi connectivity index (χ1) is 8.17. The van der Waals surface area contributed by atoms with Gasteiger partial charge >= 0.3 is 6.03 Å². The first-order valence-electron chi connectivity index (χ1n) is 6.16. The minimum Gasteiger partial charge on any atom is -0.396 e. The Hall–Kier alpha value is -0.850. The van der Waals surface area contributed by atoms with E-state index in [2.05, 4.69) is 5.32 Å². The molecular formula is C11H23N3O3. The Kier molecular flexibility index (Phi) is 6.25. The summed E-state index contributed by atoms with van der Waals surface area (Å²) in [6, 6.07) is -0.194. The molecule has 1 aliphatic heterocycles. The summed E-state index contributed by atoms with van der Waals surface area (Å²) >= 11 is 0. The molecule has 2 unspecified atom stereocenters. The molecule has 0 aromatic heterocycles. The van der Waals surface area contributed by atoms with Crippen LogP contribution < -0.4 is 11.1 Å². The van der Waals surface area contributed by atoms with Crippen LogP contribution in [0.25, 0.3) is 0 Å². The number of amides is 2. The van der Waals surface area contributed by atoms with E-state index in [4.69, 9.17) is 15.9 Å². The predicted octanol–water partition coefficient (Wildman–Crippen LogP) is -0.890. The quantitative estimate of drug-likeness (QED) is 0.456. The van der Waals surface area contributed by atoms with Crippen molar-refractivity contribution in [1.82, 2.24) is 10.2 Å². The lowest BCUT2D eigenvalue weighted by Gasteiger charge is -2.37. The van der Waals surface area contributed by atoms with Crippen molar-refractivity contribution in [2.75, 3.05) is 32.8 Å². The lowest BCUT2D eigenvalue weighted by atomic mass is 9.92. The molecule has 17 heavy (non-hydrogen) atoms. The highest BCUT2D eigenvalue weighted by molar-refractivity contribution is 5.72. The molecule has 0 bridgehead atoms. The van der Waals surface area contributed by atoms with Gasteiger partial charge in [-0.05, 0) is 31.7 Å². The highest BCUT2D eigenvalue weighted by atomic mass is 16.3. The summed E-state index contributed by atoms with van der Waals surface area (Å²) in [4.78, 5) is 12.8. The molecule has 0 aromatic rings. The number of nitrogens with zero attached hydrogens (tertiary/aromatic N) is 1. The first-order valence-corrected chi connectivity index (χ1v) is 6.16. The largest absolute Gasteiger partial charge is 0.396 e. The summed E-state index contributed by atoms with van der Waals surface area (Å²) in [6.07, 6.45) is 2.34. The van der Waals surface area contributed by atoms with Gasteiger partial charge in [0.15, 0.2) is 0 Å². The maximum absolute atomic E-state index is 11.2. The van der Waals surface area contributed by atoms with Crippen molar-refractivity contribution in [3.63, 3.8) is 0 Å². The number of nitrogens with two attached hydrogens (primary N) is 1. The number of likely N-dealkylation sites (tertiary alicyclic amines) is 1. The van der Waals surface area contributed by atoms with Gasteiger partial charge in [0.25, 0.3) is 0 Å². The Morgan fingerprint density at radius 3 is 2.71 bits per heavy atom. The Morgan fingerprint density at radius 2 is 2.12 bits per heavy atom. The van der Waals surface area contributed by atoms with Crippen LogP contribution in [0.4, 0.5) is 4.79 Å². The van der Waals surface area contributed by atoms with Crippen LogP contribution in [0.15, 0.2) is 0 Å². The minimum absolute atomic E-state index is 0.140. The molecule has 0 spiro atoms. The molecule has 5 N–H and O–H groups in total. The van der Waals surface area contributed by atoms with E-state index < -0.39 is 6.03 Å². The fourth-order valence-corrected chi connectivity index (χ4v) is 2.31. The molecule has 100 valence electrons. The van der Waals surface area contributed by atoms with Gasteiger partial charge in [-0.15, -0.1) is 0 Å². The van der Waals surface area contributed by atoms with Crippen LogP contribution in [0.1, 0.15) is 19.3 Å². The second-order valence-corrected chi connectivity index (χ2v) is 4.59. The number of hydrogen-bond donors (Lipinski definition) is 4. The standard InChI is InChI=1S/C11H23N3O3/c12-11(17)14-7-9(2-5-16)6-10(8-14)13-3-1-4-15/h9-10,13,15-16H,1-8H2,(H2,12,17). The number of carbonyl (C=O) groups excluding carboxylic acids is 1. The number of urea groups is 1. The highest BCUT2D eigenvalue weighted by Gasteiger charge is 2.28. The smallest absolute Gasteiger partial charge is 0.314 e. The summed E-state index contributed by atoms with van der Waals surface area (Å²) in [5.41, 5.74) is 5.30. The maximum atomic E-state index is 11.2. The monoisotopic (exact) mass is 245 g/mol. The van der Waals surface area contributed by atoms with E-state index in [-0.39, 0.29) is 19.3 Å². The van der Waals surface area contributed by atoms with Crippen molar-refractivity contribution in [2.45, 2.75) is 25.3 Å². The van der Waals surface area contributed by atoms with Crippen LogP contribution in [-0.2, 0) is 0 Å². The van der Waals surface area contributed by atoms with Gasteiger partial charge in [-0.1, -0.05) is 0 Å². The molecule has 0 saturated carbocycles. The van der Waals surface area contributed by atoms with Crippen LogP contribution in [0.5, 0.6) is 0 Å². The molecule has 2 atom stereocenters. The number of aliphatic hydroxyl groups is 2. The van der Waals surface area contributed by atoms with E-state index in [0.29, 0.717) is 31.8 Å². The van der Waals surface area contributed by atoms with Crippen LogP contribution in [0.2, 0.25) is 0 Å². The third-order valence-corrected chi connectivity index (χ3v) is 3.15. The predicted molar refractivity (Wildman–Crippen MR) is 64.5 cm³/mol. The summed E-state index contributed by atoms with van der Waals surface area (Å²) in [5, 5.41) is 21.0. The molecule has 6 nitrogen and oxygen atoms in total. The number of nitrogens with one attached hydrogen (secondary N) is 1. The molecular weight excluding hydrogens is 222 g/mol. The zero-order chi connectivity index (χ0) is 12.7. The number of aliphatic hydroxyl groups excluding tert-OH is 2. The van der Waals surface area contributed by atoms with Crippen molar-refractivity contribution in [3.05, 3.63) is 0 Å². The van der Waals surface area contributed by atoms with E-state index in [1.54, 1.807) is 4.90 Å². The van der Waals surface area contributed by atoms with E-state index >= 15 is 0 Å². The topological polar surface area (TPSA) is 98.8 Å².